The van der Waals surface area contributed by atoms with E-state index in [1.807, 2.05) is 57.2 Å². The van der Waals surface area contributed by atoms with E-state index in [9.17, 15) is 4.79 Å². The molecule has 0 radical (unpaired) electrons. The predicted molar refractivity (Wildman–Crippen MR) is 121 cm³/mol. The van der Waals surface area contributed by atoms with Gasteiger partial charge in [-0.05, 0) is 43.4 Å². The Morgan fingerprint density at radius 2 is 2.00 bits per heavy atom. The zero-order valence-corrected chi connectivity index (χ0v) is 19.0. The lowest BCUT2D eigenvalue weighted by Gasteiger charge is -2.31. The minimum atomic E-state index is -0.772. The maximum atomic E-state index is 13.0. The van der Waals surface area contributed by atoms with E-state index in [2.05, 4.69) is 15.2 Å². The first-order valence-corrected chi connectivity index (χ1v) is 11.0. The minimum absolute atomic E-state index is 0.159. The molecule has 160 valence electrons. The Balaban J connectivity index is 2.04. The number of hydrogen-bond acceptors (Lipinski definition) is 7. The maximum absolute atomic E-state index is 13.0. The predicted octanol–water partition coefficient (Wildman–Crippen LogP) is 4.72. The van der Waals surface area contributed by atoms with Crippen LogP contribution in [0.15, 0.2) is 41.6 Å². The standard InChI is InChI=1S/C23H24N4O3S/c1-6-31-23-24-21-19(25-26-23)17-12-13(2)11-14(3)20(17)27(15(4)28)22(30-21)16-9-7-8-10-18(16)29-5/h7-12,22H,6H2,1-5H3. The van der Waals surface area contributed by atoms with Crippen LogP contribution in [0.4, 0.5) is 5.69 Å². The first-order chi connectivity index (χ1) is 14.9. The second-order valence-corrected chi connectivity index (χ2v) is 8.49. The molecule has 2 heterocycles. The number of thioether (sulfide) groups is 1. The summed E-state index contributed by atoms with van der Waals surface area (Å²) >= 11 is 1.48. The average Bonchev–Trinajstić information content (AvgIpc) is 2.88. The number of nitrogens with zero attached hydrogens (tertiary/aromatic N) is 4. The zero-order chi connectivity index (χ0) is 22.1. The Morgan fingerprint density at radius 1 is 1.23 bits per heavy atom. The van der Waals surface area contributed by atoms with Gasteiger partial charge < -0.3 is 9.47 Å². The minimum Gasteiger partial charge on any atom is -0.496 e. The number of fused-ring (bicyclic) bond motifs is 3. The van der Waals surface area contributed by atoms with Gasteiger partial charge in [0.05, 0.1) is 18.4 Å². The molecular weight excluding hydrogens is 412 g/mol. The molecule has 1 atom stereocenters. The van der Waals surface area contributed by atoms with Crippen molar-refractivity contribution in [3.05, 3.63) is 53.1 Å². The highest BCUT2D eigenvalue weighted by atomic mass is 32.2. The van der Waals surface area contributed by atoms with E-state index in [0.717, 1.165) is 33.7 Å². The Labute approximate surface area is 185 Å². The van der Waals surface area contributed by atoms with E-state index >= 15 is 0 Å². The van der Waals surface area contributed by atoms with Gasteiger partial charge in [-0.2, -0.15) is 4.98 Å². The van der Waals surface area contributed by atoms with Gasteiger partial charge in [0, 0.05) is 12.5 Å². The largest absolute Gasteiger partial charge is 0.496 e. The number of para-hydroxylation sites is 1. The highest BCUT2D eigenvalue weighted by Crippen LogP contribution is 2.46. The van der Waals surface area contributed by atoms with E-state index < -0.39 is 6.23 Å². The molecule has 2 aromatic carbocycles. The lowest BCUT2D eigenvalue weighted by Crippen LogP contribution is -2.36. The van der Waals surface area contributed by atoms with Crippen LogP contribution in [0.25, 0.3) is 11.3 Å². The van der Waals surface area contributed by atoms with Crippen molar-refractivity contribution in [2.75, 3.05) is 17.8 Å². The smallest absolute Gasteiger partial charge is 0.247 e. The number of carbonyl (C=O) groups is 1. The first-order valence-electron chi connectivity index (χ1n) is 10.0. The van der Waals surface area contributed by atoms with Gasteiger partial charge in [-0.15, -0.1) is 10.2 Å². The molecule has 7 nitrogen and oxygen atoms in total. The van der Waals surface area contributed by atoms with Crippen LogP contribution < -0.4 is 14.4 Å². The van der Waals surface area contributed by atoms with Gasteiger partial charge in [-0.25, -0.2) is 0 Å². The summed E-state index contributed by atoms with van der Waals surface area (Å²) in [5.74, 6) is 1.62. The second kappa shape index (κ2) is 8.55. The molecule has 4 rings (SSSR count). The van der Waals surface area contributed by atoms with Gasteiger partial charge in [-0.1, -0.05) is 42.4 Å². The van der Waals surface area contributed by atoms with E-state index in [-0.39, 0.29) is 5.91 Å². The van der Waals surface area contributed by atoms with Crippen molar-refractivity contribution in [3.8, 4) is 22.9 Å². The molecule has 0 fully saturated rings. The summed E-state index contributed by atoms with van der Waals surface area (Å²) in [6, 6.07) is 11.6. The molecule has 3 aromatic rings. The van der Waals surface area contributed by atoms with E-state index in [1.54, 1.807) is 12.0 Å². The lowest BCUT2D eigenvalue weighted by atomic mass is 10.00. The molecule has 8 heteroatoms. The van der Waals surface area contributed by atoms with Crippen molar-refractivity contribution in [3.63, 3.8) is 0 Å². The quantitative estimate of drug-likeness (QED) is 0.548. The molecule has 1 aliphatic heterocycles. The second-order valence-electron chi connectivity index (χ2n) is 7.26. The third-order valence-electron chi connectivity index (χ3n) is 5.05. The lowest BCUT2D eigenvalue weighted by molar-refractivity contribution is -0.118. The third kappa shape index (κ3) is 3.83. The number of amides is 1. The zero-order valence-electron chi connectivity index (χ0n) is 18.2. The monoisotopic (exact) mass is 436 g/mol. The van der Waals surface area contributed by atoms with Crippen LogP contribution in [0.3, 0.4) is 0 Å². The van der Waals surface area contributed by atoms with Crippen molar-refractivity contribution in [2.45, 2.75) is 39.1 Å². The Hall–Kier alpha value is -3.13. The molecule has 1 amide bonds. The SMILES string of the molecule is CCSc1nnc2c(n1)OC(c1ccccc1OC)N(C(C)=O)c1c(C)cc(C)cc1-2. The van der Waals surface area contributed by atoms with Crippen molar-refractivity contribution in [1.29, 1.82) is 0 Å². The van der Waals surface area contributed by atoms with E-state index in [4.69, 9.17) is 9.47 Å². The highest BCUT2D eigenvalue weighted by Gasteiger charge is 2.37. The molecule has 0 bridgehead atoms. The summed E-state index contributed by atoms with van der Waals surface area (Å²) in [5, 5.41) is 9.26. The van der Waals surface area contributed by atoms with Gasteiger partial charge in [0.1, 0.15) is 5.75 Å². The van der Waals surface area contributed by atoms with Crippen molar-refractivity contribution >= 4 is 23.4 Å². The third-order valence-corrected chi connectivity index (χ3v) is 5.77. The molecule has 31 heavy (non-hydrogen) atoms. The van der Waals surface area contributed by atoms with Crippen LogP contribution in [-0.4, -0.2) is 34.0 Å². The summed E-state index contributed by atoms with van der Waals surface area (Å²) in [4.78, 5) is 19.3. The van der Waals surface area contributed by atoms with Crippen LogP contribution in [0.2, 0.25) is 0 Å². The molecule has 1 aromatic heterocycles. The summed E-state index contributed by atoms with van der Waals surface area (Å²) < 4.78 is 12.0. The Morgan fingerprint density at radius 3 is 2.71 bits per heavy atom. The number of aryl methyl sites for hydroxylation is 2. The number of methoxy groups -OCH3 is 1. The Kier molecular flexibility index (Phi) is 5.82. The molecule has 0 saturated heterocycles. The van der Waals surface area contributed by atoms with Crippen LogP contribution in [-0.2, 0) is 4.79 Å². The number of aromatic nitrogens is 3. The van der Waals surface area contributed by atoms with Crippen LogP contribution in [0.1, 0.15) is 36.8 Å². The maximum Gasteiger partial charge on any atom is 0.247 e. The van der Waals surface area contributed by atoms with Crippen molar-refractivity contribution in [2.24, 2.45) is 0 Å². The van der Waals surface area contributed by atoms with Crippen molar-refractivity contribution in [1.82, 2.24) is 15.2 Å². The van der Waals surface area contributed by atoms with Crippen LogP contribution in [0.5, 0.6) is 11.6 Å². The molecule has 0 aliphatic carbocycles. The Bertz CT molecular complexity index is 1150. The summed E-state index contributed by atoms with van der Waals surface area (Å²) in [7, 11) is 1.60. The van der Waals surface area contributed by atoms with Crippen LogP contribution >= 0.6 is 11.8 Å². The first kappa shape index (κ1) is 21.1. The topological polar surface area (TPSA) is 77.4 Å². The van der Waals surface area contributed by atoms with Gasteiger partial charge >= 0.3 is 0 Å². The van der Waals surface area contributed by atoms with E-state index in [0.29, 0.717) is 22.5 Å². The number of rotatable bonds is 4. The van der Waals surface area contributed by atoms with Crippen LogP contribution in [0, 0.1) is 13.8 Å². The number of benzene rings is 2. The van der Waals surface area contributed by atoms with Gasteiger partial charge in [0.2, 0.25) is 23.2 Å². The highest BCUT2D eigenvalue weighted by molar-refractivity contribution is 7.99. The molecule has 0 spiro atoms. The average molecular weight is 437 g/mol. The summed E-state index contributed by atoms with van der Waals surface area (Å²) in [6.07, 6.45) is -0.772. The molecular formula is C23H24N4O3S. The number of carbonyl (C=O) groups excluding carboxylic acids is 1. The van der Waals surface area contributed by atoms with E-state index in [1.165, 1.54) is 18.7 Å². The molecule has 1 unspecified atom stereocenters. The van der Waals surface area contributed by atoms with Gasteiger partial charge in [0.15, 0.2) is 5.69 Å². The summed E-state index contributed by atoms with van der Waals surface area (Å²) in [5.41, 5.74) is 4.74. The molecule has 1 aliphatic rings. The number of anilines is 1. The number of ether oxygens (including phenoxy) is 2. The van der Waals surface area contributed by atoms with Crippen molar-refractivity contribution < 1.29 is 14.3 Å². The number of hydrogen-bond donors (Lipinski definition) is 0. The van der Waals surface area contributed by atoms with Gasteiger partial charge in [0.25, 0.3) is 0 Å². The normalized spacial score (nSPS) is 14.9. The van der Waals surface area contributed by atoms with Gasteiger partial charge in [-0.3, -0.25) is 9.69 Å². The molecule has 0 saturated carbocycles. The fourth-order valence-electron chi connectivity index (χ4n) is 3.87. The molecule has 0 N–H and O–H groups in total. The fraction of sp³-hybridized carbons (Fsp3) is 0.304. The fourth-order valence-corrected chi connectivity index (χ4v) is 4.37. The summed E-state index contributed by atoms with van der Waals surface area (Å²) in [6.45, 7) is 7.55.